The van der Waals surface area contributed by atoms with E-state index in [2.05, 4.69) is 26.3 Å². The van der Waals surface area contributed by atoms with Crippen LogP contribution in [0.4, 0.5) is 5.69 Å². The number of carbonyl (C=O) groups excluding carboxylic acids is 1. The fourth-order valence-electron chi connectivity index (χ4n) is 1.76. The minimum Gasteiger partial charge on any atom is -0.478 e. The van der Waals surface area contributed by atoms with Crippen molar-refractivity contribution in [3.05, 3.63) is 46.7 Å². The number of carboxylic acid groups (broad SMARTS) is 1. The molecule has 6 nitrogen and oxygen atoms in total. The second kappa shape index (κ2) is 6.53. The third-order valence-electron chi connectivity index (χ3n) is 2.91. The van der Waals surface area contributed by atoms with Crippen LogP contribution in [0.2, 0.25) is 0 Å². The van der Waals surface area contributed by atoms with Crippen LogP contribution in [0, 0.1) is 5.92 Å². The molecule has 2 N–H and O–H groups in total. The number of nitrogens with one attached hydrogen (secondary N) is 1. The standard InChI is InChI=1S/C14H14BrN3O3/c1-9(7-18-8-11(15)6-16-18)13(19)17-12-4-2-10(3-5-12)14(20)21/h2-6,8-9H,7H2,1H3,(H,17,19)(H,20,21). The first kappa shape index (κ1) is 15.2. The van der Waals surface area contributed by atoms with Crippen molar-refractivity contribution in [3.8, 4) is 0 Å². The molecule has 1 unspecified atom stereocenters. The van der Waals surface area contributed by atoms with E-state index in [0.717, 1.165) is 4.47 Å². The molecule has 1 heterocycles. The van der Waals surface area contributed by atoms with Crippen molar-refractivity contribution >= 4 is 33.5 Å². The minimum absolute atomic E-state index is 0.148. The highest BCUT2D eigenvalue weighted by molar-refractivity contribution is 9.10. The van der Waals surface area contributed by atoms with Gasteiger partial charge in [-0.3, -0.25) is 9.48 Å². The van der Waals surface area contributed by atoms with E-state index in [-0.39, 0.29) is 17.4 Å². The predicted octanol–water partition coefficient (Wildman–Crippen LogP) is 2.62. The molecule has 1 amide bonds. The number of hydrogen-bond acceptors (Lipinski definition) is 3. The van der Waals surface area contributed by atoms with Crippen LogP contribution in [0.3, 0.4) is 0 Å². The van der Waals surface area contributed by atoms with Gasteiger partial charge in [0.05, 0.1) is 28.7 Å². The molecule has 0 aliphatic carbocycles. The Labute approximate surface area is 129 Å². The summed E-state index contributed by atoms with van der Waals surface area (Å²) < 4.78 is 2.54. The molecule has 0 saturated heterocycles. The number of halogens is 1. The number of amides is 1. The van der Waals surface area contributed by atoms with E-state index in [1.807, 2.05) is 0 Å². The molecule has 0 spiro atoms. The number of aromatic carboxylic acids is 1. The summed E-state index contributed by atoms with van der Waals surface area (Å²) in [5, 5.41) is 15.7. The number of carbonyl (C=O) groups is 2. The van der Waals surface area contributed by atoms with E-state index in [0.29, 0.717) is 12.2 Å². The molecule has 0 bridgehead atoms. The average Bonchev–Trinajstić information content (AvgIpc) is 2.84. The molecular formula is C14H14BrN3O3. The molecule has 0 aliphatic heterocycles. The van der Waals surface area contributed by atoms with Crippen LogP contribution in [-0.4, -0.2) is 26.8 Å². The van der Waals surface area contributed by atoms with E-state index in [1.165, 1.54) is 12.1 Å². The van der Waals surface area contributed by atoms with Gasteiger partial charge >= 0.3 is 5.97 Å². The Morgan fingerprint density at radius 2 is 2.05 bits per heavy atom. The maximum atomic E-state index is 12.1. The maximum absolute atomic E-state index is 12.1. The number of carboxylic acids is 1. The molecule has 1 aromatic heterocycles. The Balaban J connectivity index is 1.95. The van der Waals surface area contributed by atoms with Gasteiger partial charge in [-0.25, -0.2) is 4.79 Å². The van der Waals surface area contributed by atoms with Gasteiger partial charge in [-0.15, -0.1) is 0 Å². The van der Waals surface area contributed by atoms with Crippen LogP contribution < -0.4 is 5.32 Å². The number of aromatic nitrogens is 2. The smallest absolute Gasteiger partial charge is 0.335 e. The highest BCUT2D eigenvalue weighted by atomic mass is 79.9. The van der Waals surface area contributed by atoms with E-state index in [1.54, 1.807) is 36.1 Å². The second-order valence-corrected chi connectivity index (χ2v) is 5.57. The zero-order valence-corrected chi connectivity index (χ0v) is 12.9. The van der Waals surface area contributed by atoms with Gasteiger partial charge in [-0.05, 0) is 40.2 Å². The lowest BCUT2D eigenvalue weighted by atomic mass is 10.1. The molecule has 21 heavy (non-hydrogen) atoms. The number of hydrogen-bond donors (Lipinski definition) is 2. The molecule has 1 aromatic carbocycles. The predicted molar refractivity (Wildman–Crippen MR) is 81.1 cm³/mol. The molecule has 0 radical (unpaired) electrons. The van der Waals surface area contributed by atoms with Crippen molar-refractivity contribution in [3.63, 3.8) is 0 Å². The summed E-state index contributed by atoms with van der Waals surface area (Å²) >= 11 is 3.30. The van der Waals surface area contributed by atoms with Crippen molar-refractivity contribution < 1.29 is 14.7 Å². The molecule has 110 valence electrons. The molecular weight excluding hydrogens is 338 g/mol. The second-order valence-electron chi connectivity index (χ2n) is 4.65. The third kappa shape index (κ3) is 4.16. The van der Waals surface area contributed by atoms with Crippen LogP contribution in [0.1, 0.15) is 17.3 Å². The number of benzene rings is 1. The molecule has 1 atom stereocenters. The Bertz CT molecular complexity index is 652. The van der Waals surface area contributed by atoms with Crippen LogP contribution in [-0.2, 0) is 11.3 Å². The van der Waals surface area contributed by atoms with Crippen molar-refractivity contribution in [2.75, 3.05) is 5.32 Å². The first-order valence-electron chi connectivity index (χ1n) is 6.28. The highest BCUT2D eigenvalue weighted by Gasteiger charge is 2.14. The van der Waals surface area contributed by atoms with E-state index in [9.17, 15) is 9.59 Å². The summed E-state index contributed by atoms with van der Waals surface area (Å²) in [6, 6.07) is 6.04. The summed E-state index contributed by atoms with van der Waals surface area (Å²) in [5.41, 5.74) is 0.751. The summed E-state index contributed by atoms with van der Waals surface area (Å²) in [5.74, 6) is -1.41. The lowest BCUT2D eigenvalue weighted by molar-refractivity contribution is -0.119. The van der Waals surface area contributed by atoms with Gasteiger partial charge < -0.3 is 10.4 Å². The van der Waals surface area contributed by atoms with Gasteiger partial charge in [0.2, 0.25) is 5.91 Å². The third-order valence-corrected chi connectivity index (χ3v) is 3.32. The first-order valence-corrected chi connectivity index (χ1v) is 7.07. The van der Waals surface area contributed by atoms with Gasteiger partial charge in [-0.2, -0.15) is 5.10 Å². The van der Waals surface area contributed by atoms with Gasteiger partial charge in [0, 0.05) is 11.9 Å². The molecule has 7 heteroatoms. The van der Waals surface area contributed by atoms with Crippen LogP contribution in [0.15, 0.2) is 41.1 Å². The fraction of sp³-hybridized carbons (Fsp3) is 0.214. The number of anilines is 1. The van der Waals surface area contributed by atoms with Crippen LogP contribution in [0.5, 0.6) is 0 Å². The van der Waals surface area contributed by atoms with Crippen LogP contribution in [0.25, 0.3) is 0 Å². The van der Waals surface area contributed by atoms with Gasteiger partial charge in [0.1, 0.15) is 0 Å². The molecule has 0 fully saturated rings. The quantitative estimate of drug-likeness (QED) is 0.866. The monoisotopic (exact) mass is 351 g/mol. The maximum Gasteiger partial charge on any atom is 0.335 e. The summed E-state index contributed by atoms with van der Waals surface area (Å²) in [4.78, 5) is 22.8. The van der Waals surface area contributed by atoms with Gasteiger partial charge in [-0.1, -0.05) is 6.92 Å². The largest absolute Gasteiger partial charge is 0.478 e. The Kier molecular flexibility index (Phi) is 4.74. The Hall–Kier alpha value is -2.15. The number of nitrogens with zero attached hydrogens (tertiary/aromatic N) is 2. The normalized spacial score (nSPS) is 11.9. The van der Waals surface area contributed by atoms with Crippen molar-refractivity contribution in [1.29, 1.82) is 0 Å². The molecule has 0 saturated carbocycles. The zero-order chi connectivity index (χ0) is 15.4. The molecule has 0 aliphatic rings. The van der Waals surface area contributed by atoms with E-state index < -0.39 is 5.97 Å². The van der Waals surface area contributed by atoms with Crippen molar-refractivity contribution in [2.45, 2.75) is 13.5 Å². The lowest BCUT2D eigenvalue weighted by Gasteiger charge is -2.12. The van der Waals surface area contributed by atoms with E-state index in [4.69, 9.17) is 5.11 Å². The van der Waals surface area contributed by atoms with Crippen LogP contribution >= 0.6 is 15.9 Å². The van der Waals surface area contributed by atoms with Crippen molar-refractivity contribution in [2.24, 2.45) is 5.92 Å². The van der Waals surface area contributed by atoms with Gasteiger partial charge in [0.15, 0.2) is 0 Å². The summed E-state index contributed by atoms with van der Waals surface area (Å²) in [6.07, 6.45) is 3.46. The topological polar surface area (TPSA) is 84.2 Å². The van der Waals surface area contributed by atoms with Gasteiger partial charge in [0.25, 0.3) is 0 Å². The lowest BCUT2D eigenvalue weighted by Crippen LogP contribution is -2.24. The number of rotatable bonds is 5. The summed E-state index contributed by atoms with van der Waals surface area (Å²) in [7, 11) is 0. The summed E-state index contributed by atoms with van der Waals surface area (Å²) in [6.45, 7) is 2.27. The minimum atomic E-state index is -0.995. The Morgan fingerprint density at radius 1 is 1.38 bits per heavy atom. The molecule has 2 rings (SSSR count). The fourth-order valence-corrected chi connectivity index (χ4v) is 2.09. The van der Waals surface area contributed by atoms with E-state index >= 15 is 0 Å². The average molecular weight is 352 g/mol. The zero-order valence-electron chi connectivity index (χ0n) is 11.3. The first-order chi connectivity index (χ1) is 9.95. The SMILES string of the molecule is CC(Cn1cc(Br)cn1)C(=O)Nc1ccc(C(=O)O)cc1. The molecule has 2 aromatic rings. The highest BCUT2D eigenvalue weighted by Crippen LogP contribution is 2.13. The van der Waals surface area contributed by atoms with Crippen molar-refractivity contribution in [1.82, 2.24) is 9.78 Å². The Morgan fingerprint density at radius 3 is 2.57 bits per heavy atom.